The van der Waals surface area contributed by atoms with E-state index in [1.165, 1.54) is 5.22 Å². The smallest absolute Gasteiger partial charge is 0.0991 e. The fourth-order valence-corrected chi connectivity index (χ4v) is 2.38. The van der Waals surface area contributed by atoms with Crippen molar-refractivity contribution in [2.45, 2.75) is 19.3 Å². The van der Waals surface area contributed by atoms with Crippen LogP contribution in [0.2, 0.25) is 0 Å². The van der Waals surface area contributed by atoms with Crippen LogP contribution in [0.25, 0.3) is 12.2 Å². The molecule has 0 atom stereocenters. The first-order chi connectivity index (χ1) is 9.35. The molecule has 92 valence electrons. The molecule has 0 radical (unpaired) electrons. The van der Waals surface area contributed by atoms with Gasteiger partial charge in [-0.2, -0.15) is 5.26 Å². The molecule has 0 saturated heterocycles. The molecule has 1 aromatic heterocycles. The van der Waals surface area contributed by atoms with Crippen molar-refractivity contribution in [2.75, 3.05) is 0 Å². The Morgan fingerprint density at radius 1 is 1.11 bits per heavy atom. The van der Waals surface area contributed by atoms with Crippen LogP contribution in [0, 0.1) is 11.3 Å². The van der Waals surface area contributed by atoms with E-state index in [4.69, 9.17) is 10.2 Å². The van der Waals surface area contributed by atoms with E-state index in [0.29, 0.717) is 5.56 Å². The predicted octanol–water partition coefficient (Wildman–Crippen LogP) is 1.90. The van der Waals surface area contributed by atoms with Crippen molar-refractivity contribution in [3.63, 3.8) is 0 Å². The zero-order valence-electron chi connectivity index (χ0n) is 10.6. The Kier molecular flexibility index (Phi) is 3.12. The molecule has 0 fully saturated rings. The average molecular weight is 246 g/mol. The van der Waals surface area contributed by atoms with Gasteiger partial charge in [0.05, 0.1) is 17.0 Å². The maximum Gasteiger partial charge on any atom is 0.0991 e. The standard InChI is InChI=1S/C17H14N2/c18-12-14-5-3-4-13(10-14)11-16-9-8-15-6-1-2-7-17(15)19-16/h3-10H,1-2,11H2. The third-order valence-electron chi connectivity index (χ3n) is 3.33. The average Bonchev–Trinajstić information content (AvgIpc) is 2.47. The van der Waals surface area contributed by atoms with Gasteiger partial charge in [0.2, 0.25) is 0 Å². The Bertz CT molecular complexity index is 767. The van der Waals surface area contributed by atoms with Gasteiger partial charge in [0.1, 0.15) is 0 Å². The minimum absolute atomic E-state index is 0.704. The van der Waals surface area contributed by atoms with Crippen LogP contribution in [0.3, 0.4) is 0 Å². The van der Waals surface area contributed by atoms with Gasteiger partial charge in [-0.1, -0.05) is 30.4 Å². The van der Waals surface area contributed by atoms with Gasteiger partial charge in [-0.05, 0) is 41.8 Å². The lowest BCUT2D eigenvalue weighted by molar-refractivity contribution is 1.01. The predicted molar refractivity (Wildman–Crippen MR) is 75.6 cm³/mol. The summed E-state index contributed by atoms with van der Waals surface area (Å²) in [5.74, 6) is 0. The van der Waals surface area contributed by atoms with E-state index in [9.17, 15) is 0 Å². The maximum absolute atomic E-state index is 8.91. The summed E-state index contributed by atoms with van der Waals surface area (Å²) in [5.41, 5.74) is 2.89. The van der Waals surface area contributed by atoms with Crippen molar-refractivity contribution in [3.05, 3.63) is 63.8 Å². The van der Waals surface area contributed by atoms with Gasteiger partial charge in [-0.3, -0.25) is 4.98 Å². The number of hydrogen-bond donors (Lipinski definition) is 0. The topological polar surface area (TPSA) is 36.7 Å². The number of rotatable bonds is 2. The molecule has 2 nitrogen and oxygen atoms in total. The highest BCUT2D eigenvalue weighted by Crippen LogP contribution is 2.08. The Morgan fingerprint density at radius 2 is 2.00 bits per heavy atom. The van der Waals surface area contributed by atoms with Crippen LogP contribution in [0.5, 0.6) is 0 Å². The second-order valence-electron chi connectivity index (χ2n) is 4.75. The molecular weight excluding hydrogens is 232 g/mol. The van der Waals surface area contributed by atoms with Crippen molar-refractivity contribution in [2.24, 2.45) is 0 Å². The molecule has 3 rings (SSSR count). The van der Waals surface area contributed by atoms with Gasteiger partial charge in [-0.25, -0.2) is 0 Å². The molecular formula is C17H14N2. The molecule has 0 unspecified atom stereocenters. The molecule has 0 spiro atoms. The summed E-state index contributed by atoms with van der Waals surface area (Å²) in [4.78, 5) is 4.69. The number of fused-ring (bicyclic) bond motifs is 1. The highest BCUT2D eigenvalue weighted by atomic mass is 14.7. The van der Waals surface area contributed by atoms with Crippen LogP contribution in [-0.2, 0) is 6.42 Å². The summed E-state index contributed by atoms with van der Waals surface area (Å²) in [6.45, 7) is 0. The highest BCUT2D eigenvalue weighted by molar-refractivity contribution is 5.37. The SMILES string of the molecule is N#Cc1cccc(Cc2ccc3c(n2)=CCCC=3)c1. The second kappa shape index (κ2) is 5.07. The van der Waals surface area contributed by atoms with Gasteiger partial charge < -0.3 is 0 Å². The van der Waals surface area contributed by atoms with Crippen molar-refractivity contribution in [3.8, 4) is 6.07 Å². The van der Waals surface area contributed by atoms with E-state index >= 15 is 0 Å². The lowest BCUT2D eigenvalue weighted by atomic mass is 10.1. The molecule has 1 aliphatic rings. The molecule has 0 saturated carbocycles. The number of nitrogens with zero attached hydrogens (tertiary/aromatic N) is 2. The Hall–Kier alpha value is -2.40. The molecule has 19 heavy (non-hydrogen) atoms. The minimum Gasteiger partial charge on any atom is -0.253 e. The molecule has 0 amide bonds. The van der Waals surface area contributed by atoms with E-state index in [2.05, 4.69) is 30.4 Å². The molecule has 2 aromatic rings. The third kappa shape index (κ3) is 2.56. The van der Waals surface area contributed by atoms with Crippen molar-refractivity contribution in [1.82, 2.24) is 4.98 Å². The van der Waals surface area contributed by atoms with Crippen LogP contribution in [0.1, 0.15) is 29.7 Å². The minimum atomic E-state index is 0.704. The lowest BCUT2D eigenvalue weighted by Gasteiger charge is -2.04. The summed E-state index contributed by atoms with van der Waals surface area (Å²) in [6, 6.07) is 14.1. The van der Waals surface area contributed by atoms with Crippen LogP contribution >= 0.6 is 0 Å². The fraction of sp³-hybridized carbons (Fsp3) is 0.176. The van der Waals surface area contributed by atoms with Crippen molar-refractivity contribution in [1.29, 1.82) is 5.26 Å². The van der Waals surface area contributed by atoms with Crippen LogP contribution < -0.4 is 10.6 Å². The zero-order chi connectivity index (χ0) is 13.1. The van der Waals surface area contributed by atoms with Crippen molar-refractivity contribution >= 4 is 12.2 Å². The first kappa shape index (κ1) is 11.7. The summed E-state index contributed by atoms with van der Waals surface area (Å²) in [5, 5.41) is 11.2. The molecule has 1 aliphatic carbocycles. The molecule has 0 N–H and O–H groups in total. The van der Waals surface area contributed by atoms with Gasteiger partial charge in [0.15, 0.2) is 0 Å². The number of hydrogen-bond acceptors (Lipinski definition) is 2. The van der Waals surface area contributed by atoms with E-state index in [1.54, 1.807) is 0 Å². The lowest BCUT2D eigenvalue weighted by Crippen LogP contribution is -2.30. The van der Waals surface area contributed by atoms with E-state index in [-0.39, 0.29) is 0 Å². The second-order valence-corrected chi connectivity index (χ2v) is 4.75. The molecule has 1 heterocycles. The molecule has 0 bridgehead atoms. The van der Waals surface area contributed by atoms with E-state index in [1.807, 2.05) is 24.3 Å². The number of benzene rings is 1. The molecule has 0 aliphatic heterocycles. The monoisotopic (exact) mass is 246 g/mol. The summed E-state index contributed by atoms with van der Waals surface area (Å²) in [6.07, 6.45) is 7.40. The van der Waals surface area contributed by atoms with Crippen molar-refractivity contribution < 1.29 is 0 Å². The van der Waals surface area contributed by atoms with Gasteiger partial charge in [-0.15, -0.1) is 0 Å². The van der Waals surface area contributed by atoms with Gasteiger partial charge >= 0.3 is 0 Å². The highest BCUT2D eigenvalue weighted by Gasteiger charge is 2.01. The van der Waals surface area contributed by atoms with Crippen LogP contribution in [0.15, 0.2) is 36.4 Å². The zero-order valence-corrected chi connectivity index (χ0v) is 10.6. The first-order valence-electron chi connectivity index (χ1n) is 6.50. The third-order valence-corrected chi connectivity index (χ3v) is 3.33. The Morgan fingerprint density at radius 3 is 2.89 bits per heavy atom. The fourth-order valence-electron chi connectivity index (χ4n) is 2.38. The largest absolute Gasteiger partial charge is 0.253 e. The number of aromatic nitrogens is 1. The maximum atomic E-state index is 8.91. The van der Waals surface area contributed by atoms with Gasteiger partial charge in [0, 0.05) is 12.1 Å². The van der Waals surface area contributed by atoms with E-state index in [0.717, 1.165) is 35.9 Å². The van der Waals surface area contributed by atoms with Gasteiger partial charge in [0.25, 0.3) is 0 Å². The van der Waals surface area contributed by atoms with Crippen LogP contribution in [-0.4, -0.2) is 4.98 Å². The first-order valence-corrected chi connectivity index (χ1v) is 6.50. The number of nitriles is 1. The Labute approximate surface area is 112 Å². The summed E-state index contributed by atoms with van der Waals surface area (Å²) >= 11 is 0. The summed E-state index contributed by atoms with van der Waals surface area (Å²) < 4.78 is 0. The van der Waals surface area contributed by atoms with E-state index < -0.39 is 0 Å². The quantitative estimate of drug-likeness (QED) is 0.811. The number of pyridine rings is 1. The van der Waals surface area contributed by atoms with Crippen LogP contribution in [0.4, 0.5) is 0 Å². The normalized spacial score (nSPS) is 12.8. The summed E-state index contributed by atoms with van der Waals surface area (Å²) in [7, 11) is 0. The molecule has 2 heteroatoms. The molecule has 1 aromatic carbocycles. The Balaban J connectivity index is 1.94.